The van der Waals surface area contributed by atoms with Crippen molar-refractivity contribution in [3.8, 4) is 17.4 Å². The summed E-state index contributed by atoms with van der Waals surface area (Å²) in [5.41, 5.74) is 0. The largest absolute Gasteiger partial charge is 0.504 e. The van der Waals surface area contributed by atoms with E-state index in [-0.39, 0.29) is 22.4 Å². The first-order valence-corrected chi connectivity index (χ1v) is 4.81. The van der Waals surface area contributed by atoms with E-state index >= 15 is 0 Å². The molecule has 1 aromatic carbocycles. The maximum atomic E-state index is 13.3. The Bertz CT molecular complexity index is 519. The van der Waals surface area contributed by atoms with Gasteiger partial charge in [-0.1, -0.05) is 23.7 Å². The molecule has 5 heteroatoms. The summed E-state index contributed by atoms with van der Waals surface area (Å²) in [5.74, 6) is -0.864. The Labute approximate surface area is 96.1 Å². The Balaban J connectivity index is 2.31. The molecule has 0 unspecified atom stereocenters. The summed E-state index contributed by atoms with van der Waals surface area (Å²) in [4.78, 5) is 3.67. The average Bonchev–Trinajstić information content (AvgIpc) is 2.25. The van der Waals surface area contributed by atoms with Crippen molar-refractivity contribution >= 4 is 11.6 Å². The molecule has 82 valence electrons. The van der Waals surface area contributed by atoms with Crippen molar-refractivity contribution in [1.82, 2.24) is 4.98 Å². The molecule has 0 amide bonds. The van der Waals surface area contributed by atoms with E-state index in [0.717, 1.165) is 6.07 Å². The summed E-state index contributed by atoms with van der Waals surface area (Å²) in [6.07, 6.45) is 1.26. The van der Waals surface area contributed by atoms with Crippen LogP contribution in [0, 0.1) is 5.82 Å². The molecule has 0 radical (unpaired) electrons. The highest BCUT2D eigenvalue weighted by atomic mass is 35.5. The molecule has 0 aliphatic heterocycles. The molecule has 1 heterocycles. The molecule has 0 saturated carbocycles. The second kappa shape index (κ2) is 4.37. The number of halogens is 2. The van der Waals surface area contributed by atoms with Crippen LogP contribution in [0.2, 0.25) is 5.02 Å². The molecule has 0 fully saturated rings. The van der Waals surface area contributed by atoms with Crippen LogP contribution < -0.4 is 4.74 Å². The molecule has 2 rings (SSSR count). The van der Waals surface area contributed by atoms with Crippen LogP contribution in [-0.4, -0.2) is 10.1 Å². The number of benzene rings is 1. The topological polar surface area (TPSA) is 42.4 Å². The van der Waals surface area contributed by atoms with Crippen LogP contribution in [0.5, 0.6) is 17.4 Å². The minimum absolute atomic E-state index is 0.0846. The van der Waals surface area contributed by atoms with E-state index in [2.05, 4.69) is 4.98 Å². The highest BCUT2D eigenvalue weighted by molar-refractivity contribution is 6.30. The number of rotatable bonds is 2. The van der Waals surface area contributed by atoms with Crippen molar-refractivity contribution in [2.75, 3.05) is 0 Å². The minimum Gasteiger partial charge on any atom is -0.504 e. The fourth-order valence-electron chi connectivity index (χ4n) is 1.12. The molecule has 0 aliphatic rings. The van der Waals surface area contributed by atoms with Gasteiger partial charge in [0.25, 0.3) is 5.88 Å². The normalized spacial score (nSPS) is 10.1. The SMILES string of the molecule is Oc1ccccc1Oc1ncc(Cl)cc1F. The molecule has 1 aromatic heterocycles. The summed E-state index contributed by atoms with van der Waals surface area (Å²) >= 11 is 5.54. The Morgan fingerprint density at radius 2 is 2.06 bits per heavy atom. The van der Waals surface area contributed by atoms with Gasteiger partial charge in [0.05, 0.1) is 5.02 Å². The van der Waals surface area contributed by atoms with Gasteiger partial charge in [0.15, 0.2) is 17.3 Å². The van der Waals surface area contributed by atoms with E-state index in [1.807, 2.05) is 0 Å². The zero-order chi connectivity index (χ0) is 11.5. The molecule has 16 heavy (non-hydrogen) atoms. The number of phenolic OH excluding ortho intramolecular Hbond substituents is 1. The summed E-state index contributed by atoms with van der Waals surface area (Å²) < 4.78 is 18.4. The van der Waals surface area contributed by atoms with Gasteiger partial charge in [-0.3, -0.25) is 0 Å². The van der Waals surface area contributed by atoms with E-state index in [1.165, 1.54) is 18.3 Å². The number of ether oxygens (including phenoxy) is 1. The first-order valence-electron chi connectivity index (χ1n) is 4.44. The van der Waals surface area contributed by atoms with Crippen molar-refractivity contribution in [3.05, 3.63) is 47.4 Å². The molecule has 0 atom stereocenters. The number of nitrogens with zero attached hydrogens (tertiary/aromatic N) is 1. The lowest BCUT2D eigenvalue weighted by atomic mass is 10.3. The van der Waals surface area contributed by atoms with Crippen molar-refractivity contribution in [1.29, 1.82) is 0 Å². The van der Waals surface area contributed by atoms with Gasteiger partial charge in [0.1, 0.15) is 0 Å². The smallest absolute Gasteiger partial charge is 0.256 e. The number of aromatic hydroxyl groups is 1. The van der Waals surface area contributed by atoms with Crippen molar-refractivity contribution in [2.24, 2.45) is 0 Å². The van der Waals surface area contributed by atoms with Gasteiger partial charge in [-0.05, 0) is 18.2 Å². The number of aromatic nitrogens is 1. The fraction of sp³-hybridized carbons (Fsp3) is 0. The van der Waals surface area contributed by atoms with Gasteiger partial charge in [-0.25, -0.2) is 9.37 Å². The van der Waals surface area contributed by atoms with E-state index in [4.69, 9.17) is 16.3 Å². The lowest BCUT2D eigenvalue weighted by Crippen LogP contribution is -1.91. The number of pyridine rings is 1. The third kappa shape index (κ3) is 2.23. The number of para-hydroxylation sites is 2. The van der Waals surface area contributed by atoms with Crippen molar-refractivity contribution in [3.63, 3.8) is 0 Å². The zero-order valence-electron chi connectivity index (χ0n) is 8.02. The highest BCUT2D eigenvalue weighted by Crippen LogP contribution is 2.30. The standard InChI is InChI=1S/C11H7ClFNO2/c12-7-5-8(13)11(14-6-7)16-10-4-2-1-3-9(10)15/h1-6,15H. The molecule has 3 nitrogen and oxygen atoms in total. The quantitative estimate of drug-likeness (QED) is 0.874. The lowest BCUT2D eigenvalue weighted by molar-refractivity contribution is 0.384. The maximum Gasteiger partial charge on any atom is 0.256 e. The van der Waals surface area contributed by atoms with Gasteiger partial charge in [-0.2, -0.15) is 0 Å². The molecule has 0 spiro atoms. The predicted octanol–water partition coefficient (Wildman–Crippen LogP) is 3.37. The second-order valence-electron chi connectivity index (χ2n) is 3.01. The van der Waals surface area contributed by atoms with Crippen LogP contribution in [-0.2, 0) is 0 Å². The Hall–Kier alpha value is -1.81. The van der Waals surface area contributed by atoms with Gasteiger partial charge in [0.2, 0.25) is 0 Å². The van der Waals surface area contributed by atoms with Gasteiger partial charge in [-0.15, -0.1) is 0 Å². The molecular weight excluding hydrogens is 233 g/mol. The summed E-state index contributed by atoms with van der Waals surface area (Å²) in [7, 11) is 0. The van der Waals surface area contributed by atoms with Gasteiger partial charge in [0, 0.05) is 6.20 Å². The molecule has 2 aromatic rings. The summed E-state index contributed by atoms with van der Waals surface area (Å²) in [6, 6.07) is 7.31. The lowest BCUT2D eigenvalue weighted by Gasteiger charge is -2.06. The van der Waals surface area contributed by atoms with Crippen LogP contribution in [0.4, 0.5) is 4.39 Å². The second-order valence-corrected chi connectivity index (χ2v) is 3.45. The number of hydrogen-bond acceptors (Lipinski definition) is 3. The van der Waals surface area contributed by atoms with Crippen LogP contribution in [0.1, 0.15) is 0 Å². The molecule has 1 N–H and O–H groups in total. The van der Waals surface area contributed by atoms with Crippen molar-refractivity contribution < 1.29 is 14.2 Å². The molecule has 0 saturated heterocycles. The average molecular weight is 240 g/mol. The van der Waals surface area contributed by atoms with Crippen LogP contribution in [0.15, 0.2) is 36.5 Å². The Morgan fingerprint density at radius 3 is 2.75 bits per heavy atom. The summed E-state index contributed by atoms with van der Waals surface area (Å²) in [5, 5.41) is 9.60. The summed E-state index contributed by atoms with van der Waals surface area (Å²) in [6.45, 7) is 0. The first kappa shape index (κ1) is 10.7. The van der Waals surface area contributed by atoms with E-state index in [9.17, 15) is 9.50 Å². The zero-order valence-corrected chi connectivity index (χ0v) is 8.78. The van der Waals surface area contributed by atoms with Crippen LogP contribution in [0.25, 0.3) is 0 Å². The van der Waals surface area contributed by atoms with Gasteiger partial charge >= 0.3 is 0 Å². The Kier molecular flexibility index (Phi) is 2.92. The number of phenols is 1. The van der Waals surface area contributed by atoms with E-state index in [0.29, 0.717) is 0 Å². The monoisotopic (exact) mass is 239 g/mol. The third-order valence-corrected chi connectivity index (χ3v) is 2.05. The van der Waals surface area contributed by atoms with Gasteiger partial charge < -0.3 is 9.84 Å². The fourth-order valence-corrected chi connectivity index (χ4v) is 1.27. The van der Waals surface area contributed by atoms with Crippen LogP contribution in [0.3, 0.4) is 0 Å². The van der Waals surface area contributed by atoms with Crippen molar-refractivity contribution in [2.45, 2.75) is 0 Å². The molecular formula is C11H7ClFNO2. The first-order chi connectivity index (χ1) is 7.66. The van der Waals surface area contributed by atoms with E-state index < -0.39 is 5.82 Å². The third-order valence-electron chi connectivity index (χ3n) is 1.85. The maximum absolute atomic E-state index is 13.3. The van der Waals surface area contributed by atoms with E-state index in [1.54, 1.807) is 12.1 Å². The van der Waals surface area contributed by atoms with Crippen LogP contribution >= 0.6 is 11.6 Å². The number of hydrogen-bond donors (Lipinski definition) is 1. The Morgan fingerprint density at radius 1 is 1.31 bits per heavy atom. The molecule has 0 bridgehead atoms. The molecule has 0 aliphatic carbocycles. The highest BCUT2D eigenvalue weighted by Gasteiger charge is 2.09. The minimum atomic E-state index is -0.684. The predicted molar refractivity (Wildman–Crippen MR) is 57.4 cm³/mol.